The Labute approximate surface area is 158 Å². The average Bonchev–Trinajstić information content (AvgIpc) is 2.83. The fourth-order valence-electron chi connectivity index (χ4n) is 3.12. The van der Waals surface area contributed by atoms with Gasteiger partial charge in [-0.1, -0.05) is 46.3 Å². The fraction of sp³-hybridized carbons (Fsp3) is 0.350. The summed E-state index contributed by atoms with van der Waals surface area (Å²) in [6.45, 7) is 5.43. The third-order valence-corrected chi connectivity index (χ3v) is 4.95. The van der Waals surface area contributed by atoms with Gasteiger partial charge in [-0.05, 0) is 49.3 Å². The number of nitrogens with one attached hydrogen (secondary N) is 1. The monoisotopic (exact) mass is 401 g/mol. The highest BCUT2D eigenvalue weighted by Gasteiger charge is 2.17. The van der Waals surface area contributed by atoms with E-state index in [-0.39, 0.29) is 5.91 Å². The minimum absolute atomic E-state index is 0.0545. The fourth-order valence-corrected chi connectivity index (χ4v) is 3.38. The second kappa shape index (κ2) is 9.13. The summed E-state index contributed by atoms with van der Waals surface area (Å²) in [4.78, 5) is 17.0. The van der Waals surface area contributed by atoms with Crippen LogP contribution in [0.25, 0.3) is 0 Å². The predicted octanol–water partition coefficient (Wildman–Crippen LogP) is 3.60. The largest absolute Gasteiger partial charge is 0.325 e. The van der Waals surface area contributed by atoms with Crippen LogP contribution in [-0.2, 0) is 11.3 Å². The molecule has 0 spiro atoms. The standard InChI is InChI=1S/C20H24BrN3O/c21-18-7-9-19(10-8-18)22-20(25)16-24-12-4-11-23(13-14-24)15-17-5-2-1-3-6-17/h1-3,5-10H,4,11-16H2,(H,22,25). The van der Waals surface area contributed by atoms with Crippen molar-refractivity contribution in [3.05, 3.63) is 64.6 Å². The second-order valence-electron chi connectivity index (χ2n) is 6.45. The molecule has 1 amide bonds. The van der Waals surface area contributed by atoms with Crippen LogP contribution < -0.4 is 5.32 Å². The van der Waals surface area contributed by atoms with Crippen LogP contribution >= 0.6 is 15.9 Å². The summed E-state index contributed by atoms with van der Waals surface area (Å²) < 4.78 is 1.01. The van der Waals surface area contributed by atoms with Crippen LogP contribution in [0.5, 0.6) is 0 Å². The molecule has 1 heterocycles. The molecule has 5 heteroatoms. The van der Waals surface area contributed by atoms with E-state index in [0.29, 0.717) is 6.54 Å². The molecular weight excluding hydrogens is 378 g/mol. The van der Waals surface area contributed by atoms with Gasteiger partial charge in [-0.3, -0.25) is 14.6 Å². The Kier molecular flexibility index (Phi) is 6.62. The summed E-state index contributed by atoms with van der Waals surface area (Å²) in [6.07, 6.45) is 1.10. The molecule has 132 valence electrons. The summed E-state index contributed by atoms with van der Waals surface area (Å²) >= 11 is 3.40. The van der Waals surface area contributed by atoms with Gasteiger partial charge in [0.2, 0.25) is 5.91 Å². The lowest BCUT2D eigenvalue weighted by Gasteiger charge is -2.21. The highest BCUT2D eigenvalue weighted by atomic mass is 79.9. The third kappa shape index (κ3) is 5.96. The topological polar surface area (TPSA) is 35.6 Å². The van der Waals surface area contributed by atoms with Crippen LogP contribution in [0.1, 0.15) is 12.0 Å². The first-order valence-corrected chi connectivity index (χ1v) is 9.52. The lowest BCUT2D eigenvalue weighted by molar-refractivity contribution is -0.117. The molecule has 1 N–H and O–H groups in total. The zero-order valence-electron chi connectivity index (χ0n) is 14.3. The van der Waals surface area contributed by atoms with E-state index in [0.717, 1.165) is 49.3 Å². The Morgan fingerprint density at radius 3 is 2.36 bits per heavy atom. The van der Waals surface area contributed by atoms with Crippen molar-refractivity contribution in [1.29, 1.82) is 0 Å². The Hall–Kier alpha value is -1.69. The van der Waals surface area contributed by atoms with E-state index in [9.17, 15) is 4.79 Å². The van der Waals surface area contributed by atoms with Gasteiger partial charge in [-0.25, -0.2) is 0 Å². The molecule has 0 aliphatic carbocycles. The van der Waals surface area contributed by atoms with Crippen LogP contribution in [0.4, 0.5) is 5.69 Å². The van der Waals surface area contributed by atoms with Gasteiger partial charge in [0.15, 0.2) is 0 Å². The minimum atomic E-state index is 0.0545. The maximum atomic E-state index is 12.3. The van der Waals surface area contributed by atoms with Crippen LogP contribution in [0.3, 0.4) is 0 Å². The van der Waals surface area contributed by atoms with Crippen LogP contribution in [0, 0.1) is 0 Å². The van der Waals surface area contributed by atoms with Crippen molar-refractivity contribution >= 4 is 27.5 Å². The van der Waals surface area contributed by atoms with Gasteiger partial charge in [-0.2, -0.15) is 0 Å². The molecule has 0 bridgehead atoms. The van der Waals surface area contributed by atoms with Gasteiger partial charge in [0.05, 0.1) is 6.54 Å². The molecule has 1 fully saturated rings. The zero-order valence-corrected chi connectivity index (χ0v) is 15.9. The van der Waals surface area contributed by atoms with E-state index in [1.165, 1.54) is 5.56 Å². The van der Waals surface area contributed by atoms with Crippen molar-refractivity contribution in [2.75, 3.05) is 38.0 Å². The highest BCUT2D eigenvalue weighted by Crippen LogP contribution is 2.14. The number of hydrogen-bond acceptors (Lipinski definition) is 3. The molecule has 2 aromatic carbocycles. The van der Waals surface area contributed by atoms with Crippen LogP contribution in [0.15, 0.2) is 59.1 Å². The van der Waals surface area contributed by atoms with Gasteiger partial charge < -0.3 is 5.32 Å². The minimum Gasteiger partial charge on any atom is -0.325 e. The second-order valence-corrected chi connectivity index (χ2v) is 7.36. The summed E-state index contributed by atoms with van der Waals surface area (Å²) in [6, 6.07) is 18.3. The Balaban J connectivity index is 1.46. The number of carbonyl (C=O) groups excluding carboxylic acids is 1. The molecule has 1 aliphatic heterocycles. The van der Waals surface area contributed by atoms with Gasteiger partial charge in [0.25, 0.3) is 0 Å². The quantitative estimate of drug-likeness (QED) is 0.830. The lowest BCUT2D eigenvalue weighted by Crippen LogP contribution is -2.36. The van der Waals surface area contributed by atoms with Crippen molar-refractivity contribution in [3.8, 4) is 0 Å². The van der Waals surface area contributed by atoms with E-state index in [4.69, 9.17) is 0 Å². The van der Waals surface area contributed by atoms with Gasteiger partial charge >= 0.3 is 0 Å². The third-order valence-electron chi connectivity index (χ3n) is 4.43. The SMILES string of the molecule is O=C(CN1CCCN(Cc2ccccc2)CC1)Nc1ccc(Br)cc1. The van der Waals surface area contributed by atoms with Gasteiger partial charge in [-0.15, -0.1) is 0 Å². The van der Waals surface area contributed by atoms with Gasteiger partial charge in [0.1, 0.15) is 0 Å². The highest BCUT2D eigenvalue weighted by molar-refractivity contribution is 9.10. The lowest BCUT2D eigenvalue weighted by atomic mass is 10.2. The summed E-state index contributed by atoms with van der Waals surface area (Å²) in [5.74, 6) is 0.0545. The molecule has 0 saturated carbocycles. The normalized spacial score (nSPS) is 16.4. The van der Waals surface area contributed by atoms with Gasteiger partial charge in [0, 0.05) is 29.8 Å². The Morgan fingerprint density at radius 1 is 0.920 bits per heavy atom. The maximum absolute atomic E-state index is 12.3. The van der Waals surface area contributed by atoms with Crippen molar-refractivity contribution in [1.82, 2.24) is 9.80 Å². The van der Waals surface area contributed by atoms with Crippen molar-refractivity contribution in [2.24, 2.45) is 0 Å². The molecule has 3 rings (SSSR count). The number of halogens is 1. The number of carbonyl (C=O) groups is 1. The van der Waals surface area contributed by atoms with Crippen LogP contribution in [-0.4, -0.2) is 48.4 Å². The van der Waals surface area contributed by atoms with E-state index < -0.39 is 0 Å². The number of hydrogen-bond donors (Lipinski definition) is 1. The zero-order chi connectivity index (χ0) is 17.5. The summed E-state index contributed by atoms with van der Waals surface area (Å²) in [5.41, 5.74) is 2.19. The number of nitrogens with zero attached hydrogens (tertiary/aromatic N) is 2. The first-order chi connectivity index (χ1) is 12.2. The van der Waals surface area contributed by atoms with Crippen LogP contribution in [0.2, 0.25) is 0 Å². The smallest absolute Gasteiger partial charge is 0.238 e. The van der Waals surface area contributed by atoms with E-state index in [2.05, 4.69) is 61.4 Å². The molecule has 0 unspecified atom stereocenters. The van der Waals surface area contributed by atoms with Crippen molar-refractivity contribution in [3.63, 3.8) is 0 Å². The number of amides is 1. The number of benzene rings is 2. The summed E-state index contributed by atoms with van der Waals surface area (Å²) in [5, 5.41) is 2.97. The van der Waals surface area contributed by atoms with Crippen molar-refractivity contribution < 1.29 is 4.79 Å². The van der Waals surface area contributed by atoms with E-state index in [1.807, 2.05) is 24.3 Å². The van der Waals surface area contributed by atoms with E-state index in [1.54, 1.807) is 0 Å². The molecule has 0 aromatic heterocycles. The Morgan fingerprint density at radius 2 is 1.60 bits per heavy atom. The Bertz CT molecular complexity index is 675. The predicted molar refractivity (Wildman–Crippen MR) is 106 cm³/mol. The molecule has 4 nitrogen and oxygen atoms in total. The number of anilines is 1. The molecule has 25 heavy (non-hydrogen) atoms. The first kappa shape index (κ1) is 18.1. The molecular formula is C20H24BrN3O. The molecule has 1 aliphatic rings. The number of rotatable bonds is 5. The molecule has 2 aromatic rings. The van der Waals surface area contributed by atoms with Crippen molar-refractivity contribution in [2.45, 2.75) is 13.0 Å². The average molecular weight is 402 g/mol. The molecule has 1 saturated heterocycles. The van der Waals surface area contributed by atoms with E-state index >= 15 is 0 Å². The first-order valence-electron chi connectivity index (χ1n) is 8.73. The molecule has 0 radical (unpaired) electrons. The molecule has 0 atom stereocenters. The maximum Gasteiger partial charge on any atom is 0.238 e. The summed E-state index contributed by atoms with van der Waals surface area (Å²) in [7, 11) is 0.